The Morgan fingerprint density at radius 1 is 1.19 bits per heavy atom. The summed E-state index contributed by atoms with van der Waals surface area (Å²) in [7, 11) is 3.21. The minimum Gasteiger partial charge on any atom is -0.378 e. The van der Waals surface area contributed by atoms with E-state index >= 15 is 0 Å². The molecule has 0 radical (unpaired) electrons. The monoisotopic (exact) mass is 439 g/mol. The fraction of sp³-hybridized carbons (Fsp3) is 0.381. The van der Waals surface area contributed by atoms with Crippen LogP contribution < -0.4 is 15.8 Å². The summed E-state index contributed by atoms with van der Waals surface area (Å²) in [5.74, 6) is -0.705. The molecule has 4 rings (SSSR count). The summed E-state index contributed by atoms with van der Waals surface area (Å²) >= 11 is 0. The maximum atomic E-state index is 12.5. The molecule has 2 aromatic heterocycles. The number of carbonyl (C=O) groups excluding carboxylic acids is 2. The molecule has 1 aliphatic heterocycles. The van der Waals surface area contributed by atoms with Crippen LogP contribution in [0.4, 0.5) is 11.4 Å². The largest absolute Gasteiger partial charge is 0.378 e. The second kappa shape index (κ2) is 9.18. The van der Waals surface area contributed by atoms with Crippen LogP contribution in [-0.4, -0.2) is 75.9 Å². The summed E-state index contributed by atoms with van der Waals surface area (Å²) in [5, 5.41) is 7.14. The Morgan fingerprint density at radius 3 is 2.62 bits per heavy atom. The van der Waals surface area contributed by atoms with Crippen molar-refractivity contribution in [2.45, 2.75) is 6.54 Å². The molecular weight excluding hydrogens is 414 g/mol. The number of likely N-dealkylation sites (N-methyl/N-ethyl adjacent to an activating group) is 1. The number of amides is 2. The Morgan fingerprint density at radius 2 is 1.91 bits per heavy atom. The quantitative estimate of drug-likeness (QED) is 0.578. The van der Waals surface area contributed by atoms with Gasteiger partial charge in [-0.25, -0.2) is 4.98 Å². The number of carbonyl (C=O) groups is 2. The Balaban J connectivity index is 1.32. The number of nitrogens with zero attached hydrogens (tertiary/aromatic N) is 6. The maximum Gasteiger partial charge on any atom is 0.264 e. The van der Waals surface area contributed by atoms with Crippen LogP contribution in [-0.2, 0) is 27.9 Å². The van der Waals surface area contributed by atoms with Gasteiger partial charge < -0.3 is 19.9 Å². The van der Waals surface area contributed by atoms with Crippen LogP contribution in [0, 0.1) is 0 Å². The normalized spacial score (nSPS) is 13.9. The van der Waals surface area contributed by atoms with Crippen molar-refractivity contribution in [3.63, 3.8) is 0 Å². The van der Waals surface area contributed by atoms with Crippen LogP contribution >= 0.6 is 0 Å². The zero-order chi connectivity index (χ0) is 22.7. The predicted molar refractivity (Wildman–Crippen MR) is 119 cm³/mol. The van der Waals surface area contributed by atoms with Gasteiger partial charge in [0.15, 0.2) is 5.65 Å². The second-order valence-electron chi connectivity index (χ2n) is 7.63. The Hall–Kier alpha value is -3.73. The van der Waals surface area contributed by atoms with Crippen LogP contribution in [0.5, 0.6) is 0 Å². The van der Waals surface area contributed by atoms with Crippen LogP contribution in [0.2, 0.25) is 0 Å². The molecule has 0 aliphatic carbocycles. The smallest absolute Gasteiger partial charge is 0.264 e. The lowest BCUT2D eigenvalue weighted by atomic mass is 10.2. The van der Waals surface area contributed by atoms with E-state index in [0.29, 0.717) is 29.9 Å². The van der Waals surface area contributed by atoms with Gasteiger partial charge in [0, 0.05) is 38.6 Å². The van der Waals surface area contributed by atoms with E-state index in [-0.39, 0.29) is 30.5 Å². The number of hydrogen-bond acceptors (Lipinski definition) is 7. The van der Waals surface area contributed by atoms with Crippen molar-refractivity contribution in [2.24, 2.45) is 7.05 Å². The number of rotatable bonds is 6. The summed E-state index contributed by atoms with van der Waals surface area (Å²) in [6.07, 6.45) is 2.74. The first-order valence-corrected chi connectivity index (χ1v) is 10.3. The minimum atomic E-state index is -0.380. The molecule has 3 heterocycles. The van der Waals surface area contributed by atoms with Gasteiger partial charge in [-0.15, -0.1) is 0 Å². The molecule has 11 heteroatoms. The Bertz CT molecular complexity index is 1180. The van der Waals surface area contributed by atoms with Gasteiger partial charge >= 0.3 is 0 Å². The van der Waals surface area contributed by atoms with Gasteiger partial charge in [0.25, 0.3) is 5.56 Å². The predicted octanol–water partition coefficient (Wildman–Crippen LogP) is 0.0637. The van der Waals surface area contributed by atoms with Gasteiger partial charge in [-0.3, -0.25) is 23.6 Å². The zero-order valence-electron chi connectivity index (χ0n) is 18.0. The molecule has 1 fully saturated rings. The molecule has 0 saturated carbocycles. The SMILES string of the molecule is CN(CC(=O)Nc1ccc(N2CCOCC2)cc1)C(=O)Cn1cnc2c(cnn2C)c1=O. The van der Waals surface area contributed by atoms with E-state index in [0.717, 1.165) is 18.8 Å². The van der Waals surface area contributed by atoms with E-state index in [9.17, 15) is 14.4 Å². The number of ether oxygens (including phenoxy) is 1. The van der Waals surface area contributed by atoms with E-state index < -0.39 is 0 Å². The summed E-state index contributed by atoms with van der Waals surface area (Å²) < 4.78 is 8.07. The van der Waals surface area contributed by atoms with Crippen LogP contribution in [0.1, 0.15) is 0 Å². The number of aromatic nitrogens is 4. The van der Waals surface area contributed by atoms with Crippen LogP contribution in [0.25, 0.3) is 11.0 Å². The van der Waals surface area contributed by atoms with Crippen molar-refractivity contribution in [2.75, 3.05) is 50.1 Å². The first-order valence-electron chi connectivity index (χ1n) is 10.3. The van der Waals surface area contributed by atoms with Gasteiger partial charge in [0.2, 0.25) is 11.8 Å². The molecule has 32 heavy (non-hydrogen) atoms. The summed E-state index contributed by atoms with van der Waals surface area (Å²) in [4.78, 5) is 45.1. The number of morpholine rings is 1. The fourth-order valence-corrected chi connectivity index (χ4v) is 3.53. The number of benzene rings is 1. The van der Waals surface area contributed by atoms with E-state index in [1.807, 2.05) is 24.3 Å². The standard InChI is InChI=1S/C21H25N7O4/c1-25(19(30)13-28-14-22-20-17(21(28)31)11-23-26(20)2)12-18(29)24-15-3-5-16(6-4-15)27-7-9-32-10-8-27/h3-6,11,14H,7-10,12-13H2,1-2H3,(H,24,29). The van der Waals surface area contributed by atoms with E-state index in [4.69, 9.17) is 4.74 Å². The van der Waals surface area contributed by atoms with E-state index in [1.165, 1.54) is 33.7 Å². The van der Waals surface area contributed by atoms with Gasteiger partial charge in [0.05, 0.1) is 26.0 Å². The van der Waals surface area contributed by atoms with Gasteiger partial charge in [-0.2, -0.15) is 5.10 Å². The van der Waals surface area contributed by atoms with Crippen LogP contribution in [0.15, 0.2) is 41.6 Å². The molecule has 168 valence electrons. The highest BCUT2D eigenvalue weighted by molar-refractivity contribution is 5.94. The first kappa shape index (κ1) is 21.5. The number of nitrogens with one attached hydrogen (secondary N) is 1. The number of fused-ring (bicyclic) bond motifs is 1. The Labute approximate surface area is 184 Å². The first-order chi connectivity index (χ1) is 15.4. The maximum absolute atomic E-state index is 12.5. The highest BCUT2D eigenvalue weighted by atomic mass is 16.5. The van der Waals surface area contributed by atoms with Gasteiger partial charge in [-0.05, 0) is 24.3 Å². The third-order valence-electron chi connectivity index (χ3n) is 5.36. The molecule has 2 amide bonds. The fourth-order valence-electron chi connectivity index (χ4n) is 3.53. The highest BCUT2D eigenvalue weighted by Gasteiger charge is 2.16. The number of anilines is 2. The molecule has 1 aliphatic rings. The highest BCUT2D eigenvalue weighted by Crippen LogP contribution is 2.19. The van der Waals surface area contributed by atoms with Crippen LogP contribution in [0.3, 0.4) is 0 Å². The molecule has 0 spiro atoms. The molecular formula is C21H25N7O4. The van der Waals surface area contributed by atoms with Crippen molar-refractivity contribution in [1.29, 1.82) is 0 Å². The molecule has 0 bridgehead atoms. The average Bonchev–Trinajstić information content (AvgIpc) is 3.18. The van der Waals surface area contributed by atoms with Crippen molar-refractivity contribution in [1.82, 2.24) is 24.2 Å². The van der Waals surface area contributed by atoms with Crippen molar-refractivity contribution < 1.29 is 14.3 Å². The lowest BCUT2D eigenvalue weighted by Crippen LogP contribution is -2.38. The summed E-state index contributed by atoms with van der Waals surface area (Å²) in [6, 6.07) is 7.56. The molecule has 0 unspecified atom stereocenters. The van der Waals surface area contributed by atoms with Gasteiger partial charge in [-0.1, -0.05) is 0 Å². The van der Waals surface area contributed by atoms with Crippen molar-refractivity contribution >= 4 is 34.2 Å². The van der Waals surface area contributed by atoms with Crippen molar-refractivity contribution in [3.8, 4) is 0 Å². The Kier molecular flexibility index (Phi) is 6.17. The topological polar surface area (TPSA) is 115 Å². The number of hydrogen-bond donors (Lipinski definition) is 1. The van der Waals surface area contributed by atoms with Crippen molar-refractivity contribution in [3.05, 3.63) is 47.1 Å². The lowest BCUT2D eigenvalue weighted by Gasteiger charge is -2.28. The molecule has 11 nitrogen and oxygen atoms in total. The molecule has 1 N–H and O–H groups in total. The van der Waals surface area contributed by atoms with E-state index in [1.54, 1.807) is 7.05 Å². The third kappa shape index (κ3) is 4.62. The minimum absolute atomic E-state index is 0.138. The average molecular weight is 439 g/mol. The molecule has 3 aromatic rings. The third-order valence-corrected chi connectivity index (χ3v) is 5.36. The summed E-state index contributed by atoms with van der Waals surface area (Å²) in [6.45, 7) is 2.74. The second-order valence-corrected chi connectivity index (χ2v) is 7.63. The summed E-state index contributed by atoms with van der Waals surface area (Å²) in [5.41, 5.74) is 1.82. The van der Waals surface area contributed by atoms with E-state index in [2.05, 4.69) is 20.3 Å². The molecule has 1 saturated heterocycles. The lowest BCUT2D eigenvalue weighted by molar-refractivity contribution is -0.133. The zero-order valence-corrected chi connectivity index (χ0v) is 18.0. The molecule has 1 aromatic carbocycles. The van der Waals surface area contributed by atoms with Gasteiger partial charge in [0.1, 0.15) is 18.3 Å². The number of aryl methyl sites for hydroxylation is 1. The molecule has 0 atom stereocenters.